The van der Waals surface area contributed by atoms with Crippen LogP contribution < -0.4 is 4.74 Å². The van der Waals surface area contributed by atoms with Crippen molar-refractivity contribution >= 4 is 28.9 Å². The van der Waals surface area contributed by atoms with Crippen LogP contribution in [0.5, 0.6) is 5.75 Å². The first kappa shape index (κ1) is 14.2. The second-order valence-corrected chi connectivity index (χ2v) is 6.00. The van der Waals surface area contributed by atoms with Gasteiger partial charge in [0.25, 0.3) is 5.91 Å². The smallest absolute Gasteiger partial charge is 0.278 e. The van der Waals surface area contributed by atoms with Crippen molar-refractivity contribution in [3.05, 3.63) is 35.5 Å². The zero-order chi connectivity index (χ0) is 14.7. The molecule has 4 nitrogen and oxygen atoms in total. The predicted molar refractivity (Wildman–Crippen MR) is 86.4 cm³/mol. The molecule has 21 heavy (non-hydrogen) atoms. The fourth-order valence-corrected chi connectivity index (χ4v) is 3.38. The van der Waals surface area contributed by atoms with E-state index >= 15 is 0 Å². The van der Waals surface area contributed by atoms with E-state index in [0.29, 0.717) is 12.3 Å². The molecular formula is C16H18N2O2S. The molecule has 1 aromatic carbocycles. The summed E-state index contributed by atoms with van der Waals surface area (Å²) in [6.07, 6.45) is 4.04. The van der Waals surface area contributed by atoms with Crippen LogP contribution in [-0.4, -0.2) is 34.9 Å². The summed E-state index contributed by atoms with van der Waals surface area (Å²) in [7, 11) is 0. The van der Waals surface area contributed by atoms with Gasteiger partial charge in [-0.3, -0.25) is 9.69 Å². The van der Waals surface area contributed by atoms with Gasteiger partial charge in [-0.05, 0) is 43.5 Å². The molecule has 0 radical (unpaired) electrons. The molecule has 1 saturated heterocycles. The number of fused-ring (bicyclic) bond motifs is 1. The molecule has 0 spiro atoms. The van der Waals surface area contributed by atoms with Crippen LogP contribution in [0.15, 0.2) is 35.0 Å². The summed E-state index contributed by atoms with van der Waals surface area (Å²) >= 11 is 1.68. The SMILES string of the molecule is CCOc1ccc(/C=C2\N=C3SCCCCN3C2=O)cc1. The number of hydrogen-bond acceptors (Lipinski definition) is 4. The van der Waals surface area contributed by atoms with E-state index in [0.717, 1.165) is 41.6 Å². The molecule has 5 heteroatoms. The van der Waals surface area contributed by atoms with Crippen LogP contribution in [0, 0.1) is 0 Å². The zero-order valence-corrected chi connectivity index (χ0v) is 12.9. The number of hydrogen-bond donors (Lipinski definition) is 0. The molecule has 0 aromatic heterocycles. The van der Waals surface area contributed by atoms with Crippen LogP contribution in [-0.2, 0) is 4.79 Å². The number of carbonyl (C=O) groups is 1. The highest BCUT2D eigenvalue weighted by Gasteiger charge is 2.31. The molecule has 3 rings (SSSR count). The average Bonchev–Trinajstić information content (AvgIpc) is 2.68. The first-order valence-corrected chi connectivity index (χ1v) is 8.24. The van der Waals surface area contributed by atoms with Crippen LogP contribution >= 0.6 is 11.8 Å². The second kappa shape index (κ2) is 6.35. The van der Waals surface area contributed by atoms with Crippen LogP contribution in [0.4, 0.5) is 0 Å². The van der Waals surface area contributed by atoms with Crippen molar-refractivity contribution in [1.29, 1.82) is 0 Å². The third kappa shape index (κ3) is 3.13. The van der Waals surface area contributed by atoms with E-state index in [-0.39, 0.29) is 5.91 Å². The molecule has 0 bridgehead atoms. The van der Waals surface area contributed by atoms with Gasteiger partial charge in [-0.2, -0.15) is 0 Å². The molecule has 0 atom stereocenters. The Morgan fingerprint density at radius 3 is 2.90 bits per heavy atom. The Kier molecular flexibility index (Phi) is 4.29. The van der Waals surface area contributed by atoms with Gasteiger partial charge in [0.1, 0.15) is 11.4 Å². The third-order valence-corrected chi connectivity index (χ3v) is 4.48. The van der Waals surface area contributed by atoms with Crippen LogP contribution in [0.1, 0.15) is 25.3 Å². The summed E-state index contributed by atoms with van der Waals surface area (Å²) in [6.45, 7) is 3.39. The molecular weight excluding hydrogens is 284 g/mol. The maximum Gasteiger partial charge on any atom is 0.278 e. The number of thioether (sulfide) groups is 1. The van der Waals surface area contributed by atoms with Crippen molar-refractivity contribution in [2.75, 3.05) is 18.9 Å². The highest BCUT2D eigenvalue weighted by atomic mass is 32.2. The van der Waals surface area contributed by atoms with Crippen molar-refractivity contribution in [3.63, 3.8) is 0 Å². The predicted octanol–water partition coefficient (Wildman–Crippen LogP) is 3.15. The minimum Gasteiger partial charge on any atom is -0.494 e. The molecule has 2 heterocycles. The quantitative estimate of drug-likeness (QED) is 0.806. The largest absolute Gasteiger partial charge is 0.494 e. The van der Waals surface area contributed by atoms with Crippen LogP contribution in [0.25, 0.3) is 6.08 Å². The van der Waals surface area contributed by atoms with Gasteiger partial charge in [-0.1, -0.05) is 23.9 Å². The van der Waals surface area contributed by atoms with Crippen molar-refractivity contribution in [1.82, 2.24) is 4.90 Å². The van der Waals surface area contributed by atoms with Crippen molar-refractivity contribution in [2.45, 2.75) is 19.8 Å². The van der Waals surface area contributed by atoms with Gasteiger partial charge in [-0.15, -0.1) is 0 Å². The Balaban J connectivity index is 1.81. The van der Waals surface area contributed by atoms with Crippen molar-refractivity contribution in [3.8, 4) is 5.75 Å². The van der Waals surface area contributed by atoms with Gasteiger partial charge < -0.3 is 4.74 Å². The summed E-state index contributed by atoms with van der Waals surface area (Å²) in [4.78, 5) is 18.7. The van der Waals surface area contributed by atoms with Crippen LogP contribution in [0.3, 0.4) is 0 Å². The Morgan fingerprint density at radius 1 is 1.33 bits per heavy atom. The number of ether oxygens (including phenoxy) is 1. The zero-order valence-electron chi connectivity index (χ0n) is 12.0. The maximum absolute atomic E-state index is 12.4. The Bertz CT molecular complexity index is 593. The van der Waals surface area contributed by atoms with Crippen molar-refractivity contribution in [2.24, 2.45) is 4.99 Å². The molecule has 1 aromatic rings. The lowest BCUT2D eigenvalue weighted by Crippen LogP contribution is -2.30. The minimum atomic E-state index is 0.0216. The van der Waals surface area contributed by atoms with Gasteiger partial charge >= 0.3 is 0 Å². The van der Waals surface area contributed by atoms with E-state index < -0.39 is 0 Å². The number of carbonyl (C=O) groups excluding carboxylic acids is 1. The molecule has 2 aliphatic rings. The number of rotatable bonds is 3. The molecule has 0 unspecified atom stereocenters. The maximum atomic E-state index is 12.4. The first-order chi connectivity index (χ1) is 10.3. The normalized spacial score (nSPS) is 20.2. The summed E-state index contributed by atoms with van der Waals surface area (Å²) < 4.78 is 5.42. The number of amides is 1. The van der Waals surface area contributed by atoms with E-state index in [4.69, 9.17) is 4.74 Å². The molecule has 1 fully saturated rings. The van der Waals surface area contributed by atoms with Gasteiger partial charge in [-0.25, -0.2) is 4.99 Å². The lowest BCUT2D eigenvalue weighted by atomic mass is 10.2. The van der Waals surface area contributed by atoms with Gasteiger partial charge in [0.15, 0.2) is 5.17 Å². The molecule has 110 valence electrons. The first-order valence-electron chi connectivity index (χ1n) is 7.26. The second-order valence-electron chi connectivity index (χ2n) is 4.94. The Morgan fingerprint density at radius 2 is 2.14 bits per heavy atom. The fraction of sp³-hybridized carbons (Fsp3) is 0.375. The van der Waals surface area contributed by atoms with E-state index in [1.165, 1.54) is 0 Å². The molecule has 0 aliphatic carbocycles. The highest BCUT2D eigenvalue weighted by Crippen LogP contribution is 2.27. The summed E-state index contributed by atoms with van der Waals surface area (Å²) in [5.41, 5.74) is 1.50. The summed E-state index contributed by atoms with van der Waals surface area (Å²) in [6, 6.07) is 7.72. The monoisotopic (exact) mass is 302 g/mol. The number of nitrogens with zero attached hydrogens (tertiary/aromatic N) is 2. The minimum absolute atomic E-state index is 0.0216. The number of benzene rings is 1. The summed E-state index contributed by atoms with van der Waals surface area (Å²) in [5, 5.41) is 0.856. The Labute approximate surface area is 128 Å². The number of amidine groups is 1. The Hall–Kier alpha value is -1.75. The third-order valence-electron chi connectivity index (χ3n) is 3.41. The van der Waals surface area contributed by atoms with E-state index in [9.17, 15) is 4.79 Å². The van der Waals surface area contributed by atoms with E-state index in [1.54, 1.807) is 16.7 Å². The molecule has 1 amide bonds. The number of aliphatic imine (C=N–C) groups is 1. The topological polar surface area (TPSA) is 41.9 Å². The highest BCUT2D eigenvalue weighted by molar-refractivity contribution is 8.13. The standard InChI is InChI=1S/C16H18N2O2S/c1-2-20-13-7-5-12(6-8-13)11-14-15(19)18-9-3-4-10-21-16(18)17-14/h5-8,11H,2-4,9-10H2,1H3/b14-11-. The summed E-state index contributed by atoms with van der Waals surface area (Å²) in [5.74, 6) is 1.90. The van der Waals surface area contributed by atoms with Gasteiger partial charge in [0.2, 0.25) is 0 Å². The molecule has 2 aliphatic heterocycles. The van der Waals surface area contributed by atoms with Gasteiger partial charge in [0.05, 0.1) is 6.61 Å². The van der Waals surface area contributed by atoms with Crippen molar-refractivity contribution < 1.29 is 9.53 Å². The van der Waals surface area contributed by atoms with Crippen LogP contribution in [0.2, 0.25) is 0 Å². The van der Waals surface area contributed by atoms with Gasteiger partial charge in [0, 0.05) is 12.3 Å². The van der Waals surface area contributed by atoms with E-state index in [2.05, 4.69) is 4.99 Å². The lowest BCUT2D eigenvalue weighted by molar-refractivity contribution is -0.122. The average molecular weight is 302 g/mol. The molecule has 0 N–H and O–H groups in total. The molecule has 0 saturated carbocycles. The lowest BCUT2D eigenvalue weighted by Gasteiger charge is -2.13. The fourth-order valence-electron chi connectivity index (χ4n) is 2.36. The van der Waals surface area contributed by atoms with E-state index in [1.807, 2.05) is 37.3 Å².